The third kappa shape index (κ3) is 13.9. The van der Waals surface area contributed by atoms with Gasteiger partial charge in [0.2, 0.25) is 0 Å². The van der Waals surface area contributed by atoms with E-state index in [1.807, 2.05) is 67.5 Å². The molecule has 2 aromatic rings. The molecule has 36 heavy (non-hydrogen) atoms. The van der Waals surface area contributed by atoms with Crippen molar-refractivity contribution in [3.05, 3.63) is 133 Å². The van der Waals surface area contributed by atoms with Gasteiger partial charge in [0.25, 0.3) is 0 Å². The average Bonchev–Trinajstić information content (AvgIpc) is 3.49. The first kappa shape index (κ1) is 34.8. The number of benzene rings is 2. The molecule has 0 amide bonds. The SMILES string of the molecule is CC1[CH-]C2=CC=CCC2C1.CC1[CH-]C2=CC=CCC2C1.Cl.Cl.[SiH2]=[Zr].[c-]1ccccc1.[c-]1ccccc1. The normalized spacial score (nSPS) is 23.1. The topological polar surface area (TPSA) is 0 Å². The summed E-state index contributed by atoms with van der Waals surface area (Å²) in [7, 11) is 0. The fraction of sp³-hybridized carbons (Fsp3) is 0.312. The van der Waals surface area contributed by atoms with Gasteiger partial charge in [-0.1, -0.05) is 38.5 Å². The average molecular weight is 615 g/mol. The molecule has 0 heterocycles. The maximum atomic E-state index is 2.89. The fourth-order valence-electron chi connectivity index (χ4n) is 4.61. The Bertz CT molecular complexity index is 779. The molecule has 0 radical (unpaired) electrons. The van der Waals surface area contributed by atoms with Gasteiger partial charge in [0.15, 0.2) is 0 Å². The molecule has 4 aliphatic carbocycles. The van der Waals surface area contributed by atoms with E-state index in [4.69, 9.17) is 0 Å². The van der Waals surface area contributed by atoms with Gasteiger partial charge in [-0.25, -0.2) is 36.1 Å². The van der Waals surface area contributed by atoms with Crippen molar-refractivity contribution in [2.24, 2.45) is 23.7 Å². The molecule has 2 aromatic carbocycles. The molecule has 4 aliphatic rings. The minimum atomic E-state index is 0. The van der Waals surface area contributed by atoms with Gasteiger partial charge in [-0.15, -0.1) is 49.1 Å². The number of halogens is 2. The predicted molar refractivity (Wildman–Crippen MR) is 160 cm³/mol. The minimum Gasteiger partial charge on any atom is -0.184 e. The van der Waals surface area contributed by atoms with E-state index in [1.165, 1.54) is 25.7 Å². The standard InChI is InChI=1S/2C10H13.2C6H5.2ClH.H2Si.Zr/c2*1-8-6-9-4-2-3-5-10(9)7-8;2*1-2-4-6-5-3-1;;;;/h2*2-4,6,8,10H,5,7H2,1H3;2*1-5H;2*1H;1H2;/q4*-1;;;;. The molecule has 0 spiro atoms. The Morgan fingerprint density at radius 1 is 0.667 bits per heavy atom. The van der Waals surface area contributed by atoms with Crippen molar-refractivity contribution in [3.63, 3.8) is 0 Å². The van der Waals surface area contributed by atoms with Crippen LogP contribution in [0.1, 0.15) is 39.5 Å². The van der Waals surface area contributed by atoms with E-state index in [9.17, 15) is 0 Å². The summed E-state index contributed by atoms with van der Waals surface area (Å²) in [4.78, 5) is 0. The van der Waals surface area contributed by atoms with Gasteiger partial charge < -0.3 is 0 Å². The van der Waals surface area contributed by atoms with Crippen LogP contribution in [0.3, 0.4) is 0 Å². The van der Waals surface area contributed by atoms with Crippen LogP contribution in [0.25, 0.3) is 0 Å². The van der Waals surface area contributed by atoms with Crippen molar-refractivity contribution in [1.29, 1.82) is 0 Å². The van der Waals surface area contributed by atoms with Crippen LogP contribution in [0, 0.1) is 48.6 Å². The number of hydrogen-bond donors (Lipinski definition) is 0. The molecule has 0 aliphatic heterocycles. The Kier molecular flexibility index (Phi) is 21.1. The zero-order chi connectivity index (χ0) is 24.4. The molecule has 0 saturated heterocycles. The summed E-state index contributed by atoms with van der Waals surface area (Å²) in [5, 5.41) is 0. The molecule has 2 fully saturated rings. The van der Waals surface area contributed by atoms with Crippen molar-refractivity contribution in [2.75, 3.05) is 0 Å². The second kappa shape index (κ2) is 21.9. The van der Waals surface area contributed by atoms with Crippen LogP contribution in [-0.4, -0.2) is 6.88 Å². The van der Waals surface area contributed by atoms with Crippen molar-refractivity contribution in [3.8, 4) is 0 Å². The molecule has 4 heteroatoms. The number of rotatable bonds is 0. The van der Waals surface area contributed by atoms with Crippen molar-refractivity contribution in [2.45, 2.75) is 39.5 Å². The van der Waals surface area contributed by atoms with E-state index >= 15 is 0 Å². The third-order valence-electron chi connectivity index (χ3n) is 6.11. The molecular formula is C32H40Cl2SiZr-4. The van der Waals surface area contributed by atoms with E-state index in [2.05, 4.69) is 75.3 Å². The Morgan fingerprint density at radius 2 is 1.03 bits per heavy atom. The van der Waals surface area contributed by atoms with Gasteiger partial charge in [0.05, 0.1) is 0 Å². The van der Waals surface area contributed by atoms with Gasteiger partial charge in [-0.05, 0) is 24.7 Å². The van der Waals surface area contributed by atoms with E-state index in [1.54, 1.807) is 34.5 Å². The summed E-state index contributed by atoms with van der Waals surface area (Å²) in [6, 6.07) is 25.0. The van der Waals surface area contributed by atoms with Crippen LogP contribution >= 0.6 is 24.8 Å². The summed E-state index contributed by atoms with van der Waals surface area (Å²) in [6.07, 6.45) is 23.5. The summed E-state index contributed by atoms with van der Waals surface area (Å²) in [5.41, 5.74) is 3.16. The molecule has 6 rings (SSSR count). The molecule has 4 atom stereocenters. The van der Waals surface area contributed by atoms with Gasteiger partial charge in [0, 0.05) is 0 Å². The maximum Gasteiger partial charge on any atom is -0.171 e. The maximum absolute atomic E-state index is 2.89. The Balaban J connectivity index is 0.000000446. The van der Waals surface area contributed by atoms with Crippen molar-refractivity contribution in [1.82, 2.24) is 0 Å². The van der Waals surface area contributed by atoms with Gasteiger partial charge in [-0.3, -0.25) is 0 Å². The smallest absolute Gasteiger partial charge is 0.171 e. The van der Waals surface area contributed by atoms with Gasteiger partial charge >= 0.3 is 30.2 Å². The minimum absolute atomic E-state index is 0. The number of hydrogen-bond acceptors (Lipinski definition) is 0. The van der Waals surface area contributed by atoms with Crippen LogP contribution in [0.2, 0.25) is 0 Å². The summed E-state index contributed by atoms with van der Waals surface area (Å²) in [5.74, 6) is 3.35. The first-order valence-electron chi connectivity index (χ1n) is 12.3. The molecule has 0 nitrogen and oxygen atoms in total. The molecule has 194 valence electrons. The van der Waals surface area contributed by atoms with Crippen molar-refractivity contribution < 1.29 is 23.3 Å². The summed E-state index contributed by atoms with van der Waals surface area (Å²) < 4.78 is 0. The monoisotopic (exact) mass is 612 g/mol. The second-order valence-corrected chi connectivity index (χ2v) is 8.97. The number of allylic oxidation sites excluding steroid dienone is 8. The first-order chi connectivity index (χ1) is 16.7. The van der Waals surface area contributed by atoms with E-state index in [0.717, 1.165) is 23.7 Å². The molecule has 0 bridgehead atoms. The molecular weight excluding hydrogens is 575 g/mol. The third-order valence-corrected chi connectivity index (χ3v) is 6.11. The Morgan fingerprint density at radius 3 is 1.28 bits per heavy atom. The van der Waals surface area contributed by atoms with Crippen LogP contribution < -0.4 is 0 Å². The molecule has 0 aromatic heterocycles. The van der Waals surface area contributed by atoms with Gasteiger partial charge in [0.1, 0.15) is 0 Å². The quantitative estimate of drug-likeness (QED) is 0.207. The zero-order valence-corrected chi connectivity index (χ0v) is 27.1. The number of fused-ring (bicyclic) bond motifs is 2. The largest absolute Gasteiger partial charge is 0.184 e. The second-order valence-electron chi connectivity index (χ2n) is 8.97. The Labute approximate surface area is 249 Å². The summed E-state index contributed by atoms with van der Waals surface area (Å²) in [6.45, 7) is 6.56. The van der Waals surface area contributed by atoms with Crippen LogP contribution in [-0.2, 0) is 23.3 Å². The molecule has 2 saturated carbocycles. The van der Waals surface area contributed by atoms with Crippen LogP contribution in [0.4, 0.5) is 0 Å². The predicted octanol–water partition coefficient (Wildman–Crippen LogP) is 8.36. The van der Waals surface area contributed by atoms with Gasteiger partial charge in [-0.2, -0.15) is 72.8 Å². The van der Waals surface area contributed by atoms with E-state index in [0.29, 0.717) is 0 Å². The Hall–Kier alpha value is -1.18. The van der Waals surface area contributed by atoms with Crippen LogP contribution in [0.15, 0.2) is 108 Å². The first-order valence-corrected chi connectivity index (χ1v) is 18.2. The summed E-state index contributed by atoms with van der Waals surface area (Å²) >= 11 is 1.58. The molecule has 4 unspecified atom stereocenters. The molecule has 0 N–H and O–H groups in total. The zero-order valence-electron chi connectivity index (χ0n) is 21.6. The van der Waals surface area contributed by atoms with Crippen LogP contribution in [0.5, 0.6) is 0 Å². The van der Waals surface area contributed by atoms with Crippen molar-refractivity contribution >= 4 is 31.7 Å². The van der Waals surface area contributed by atoms with E-state index in [-0.39, 0.29) is 24.8 Å². The van der Waals surface area contributed by atoms with E-state index < -0.39 is 0 Å². The fourth-order valence-corrected chi connectivity index (χ4v) is 4.61.